The van der Waals surface area contributed by atoms with Gasteiger partial charge in [0.2, 0.25) is 0 Å². The van der Waals surface area contributed by atoms with Gasteiger partial charge in [0.15, 0.2) is 0 Å². The molecule has 0 aliphatic carbocycles. The van der Waals surface area contributed by atoms with Gasteiger partial charge in [0.1, 0.15) is 0 Å². The summed E-state index contributed by atoms with van der Waals surface area (Å²) in [5.74, 6) is 0. The number of benzene rings is 2. The summed E-state index contributed by atoms with van der Waals surface area (Å²) in [7, 11) is 0. The maximum Gasteiger partial charge on any atom is 0.266 e. The van der Waals surface area contributed by atoms with Gasteiger partial charge >= 0.3 is 0 Å². The first-order chi connectivity index (χ1) is 7.27. The van der Waals surface area contributed by atoms with Crippen molar-refractivity contribution in [3.05, 3.63) is 60.2 Å². The third-order valence-electron chi connectivity index (χ3n) is 2.36. The van der Waals surface area contributed by atoms with Crippen molar-refractivity contribution in [1.82, 2.24) is 0 Å². The SMILES string of the molecule is FC(F)=CCc1cccc2ccccc12. The van der Waals surface area contributed by atoms with Gasteiger partial charge in [-0.1, -0.05) is 42.5 Å². The van der Waals surface area contributed by atoms with Gasteiger partial charge in [-0.05, 0) is 28.8 Å². The van der Waals surface area contributed by atoms with E-state index in [0.717, 1.165) is 22.4 Å². The van der Waals surface area contributed by atoms with Crippen LogP contribution in [0.3, 0.4) is 0 Å². The first-order valence-electron chi connectivity index (χ1n) is 4.75. The van der Waals surface area contributed by atoms with Crippen LogP contribution in [0.15, 0.2) is 54.6 Å². The van der Waals surface area contributed by atoms with Gasteiger partial charge in [-0.25, -0.2) is 0 Å². The maximum absolute atomic E-state index is 12.0. The Morgan fingerprint density at radius 2 is 1.73 bits per heavy atom. The van der Waals surface area contributed by atoms with Crippen LogP contribution in [0.4, 0.5) is 8.78 Å². The lowest BCUT2D eigenvalue weighted by atomic mass is 10.0. The molecule has 0 radical (unpaired) electrons. The van der Waals surface area contributed by atoms with Crippen molar-refractivity contribution in [1.29, 1.82) is 0 Å². The smallest absolute Gasteiger partial charge is 0.174 e. The molecule has 0 heterocycles. The molecule has 2 aromatic rings. The van der Waals surface area contributed by atoms with Crippen molar-refractivity contribution in [2.45, 2.75) is 6.42 Å². The molecule has 76 valence electrons. The molecule has 0 unspecified atom stereocenters. The zero-order chi connectivity index (χ0) is 10.7. The maximum atomic E-state index is 12.0. The van der Waals surface area contributed by atoms with E-state index in [1.165, 1.54) is 0 Å². The first kappa shape index (κ1) is 9.84. The number of hydrogen-bond donors (Lipinski definition) is 0. The molecule has 0 bridgehead atoms. The topological polar surface area (TPSA) is 0 Å². The van der Waals surface area contributed by atoms with E-state index in [0.29, 0.717) is 0 Å². The van der Waals surface area contributed by atoms with Crippen molar-refractivity contribution in [2.75, 3.05) is 0 Å². The van der Waals surface area contributed by atoms with Gasteiger partial charge in [0, 0.05) is 0 Å². The highest BCUT2D eigenvalue weighted by Crippen LogP contribution is 2.19. The third kappa shape index (κ3) is 2.21. The minimum absolute atomic E-state index is 0.281. The van der Waals surface area contributed by atoms with E-state index in [4.69, 9.17) is 0 Å². The summed E-state index contributed by atoms with van der Waals surface area (Å²) in [5.41, 5.74) is 0.931. The van der Waals surface area contributed by atoms with Crippen molar-refractivity contribution in [3.8, 4) is 0 Å². The second-order valence-corrected chi connectivity index (χ2v) is 3.34. The van der Waals surface area contributed by atoms with Gasteiger partial charge in [-0.3, -0.25) is 0 Å². The molecule has 0 N–H and O–H groups in total. The molecule has 0 atom stereocenters. The fraction of sp³-hybridized carbons (Fsp3) is 0.0769. The summed E-state index contributed by atoms with van der Waals surface area (Å²) in [5, 5.41) is 2.13. The average molecular weight is 204 g/mol. The van der Waals surface area contributed by atoms with Crippen LogP contribution in [-0.2, 0) is 6.42 Å². The molecule has 0 aliphatic heterocycles. The average Bonchev–Trinajstić information content (AvgIpc) is 2.26. The van der Waals surface area contributed by atoms with Crippen LogP contribution < -0.4 is 0 Å². The van der Waals surface area contributed by atoms with Gasteiger partial charge < -0.3 is 0 Å². The highest BCUT2D eigenvalue weighted by molar-refractivity contribution is 5.85. The largest absolute Gasteiger partial charge is 0.266 e. The minimum Gasteiger partial charge on any atom is -0.174 e. The molecule has 2 aromatic carbocycles. The van der Waals surface area contributed by atoms with Gasteiger partial charge in [-0.15, -0.1) is 0 Å². The fourth-order valence-corrected chi connectivity index (χ4v) is 1.66. The van der Waals surface area contributed by atoms with E-state index in [-0.39, 0.29) is 6.42 Å². The lowest BCUT2D eigenvalue weighted by Crippen LogP contribution is -1.84. The summed E-state index contributed by atoms with van der Waals surface area (Å²) >= 11 is 0. The van der Waals surface area contributed by atoms with Gasteiger partial charge in [0.05, 0.1) is 0 Å². The van der Waals surface area contributed by atoms with Crippen molar-refractivity contribution in [2.24, 2.45) is 0 Å². The zero-order valence-corrected chi connectivity index (χ0v) is 8.08. The number of allylic oxidation sites excluding steroid dienone is 1. The molecule has 0 aliphatic rings. The minimum atomic E-state index is -1.62. The molecule has 0 aromatic heterocycles. The second-order valence-electron chi connectivity index (χ2n) is 3.34. The molecule has 15 heavy (non-hydrogen) atoms. The Bertz CT molecular complexity index is 491. The lowest BCUT2D eigenvalue weighted by molar-refractivity contribution is 0.418. The van der Waals surface area contributed by atoms with Crippen LogP contribution in [0.5, 0.6) is 0 Å². The lowest BCUT2D eigenvalue weighted by Gasteiger charge is -2.02. The van der Waals surface area contributed by atoms with E-state index in [2.05, 4.69) is 0 Å². The van der Waals surface area contributed by atoms with E-state index in [1.54, 1.807) is 0 Å². The highest BCUT2D eigenvalue weighted by atomic mass is 19.3. The van der Waals surface area contributed by atoms with Crippen LogP contribution in [-0.4, -0.2) is 0 Å². The molecule has 2 rings (SSSR count). The van der Waals surface area contributed by atoms with Crippen molar-refractivity contribution < 1.29 is 8.78 Å². The van der Waals surface area contributed by atoms with Crippen LogP contribution in [0.1, 0.15) is 5.56 Å². The predicted octanol–water partition coefficient (Wildman–Crippen LogP) is 4.16. The zero-order valence-electron chi connectivity index (χ0n) is 8.08. The molecular formula is C13H10F2. The summed E-state index contributed by atoms with van der Waals surface area (Å²) in [6.07, 6.45) is -0.395. The Morgan fingerprint density at radius 1 is 1.00 bits per heavy atom. The summed E-state index contributed by atoms with van der Waals surface area (Å²) in [6, 6.07) is 13.5. The summed E-state index contributed by atoms with van der Waals surface area (Å²) < 4.78 is 24.0. The van der Waals surface area contributed by atoms with E-state index in [9.17, 15) is 8.78 Å². The quantitative estimate of drug-likeness (QED) is 0.688. The molecule has 0 spiro atoms. The van der Waals surface area contributed by atoms with Crippen molar-refractivity contribution in [3.63, 3.8) is 0 Å². The van der Waals surface area contributed by atoms with Crippen LogP contribution >= 0.6 is 0 Å². The number of hydrogen-bond acceptors (Lipinski definition) is 0. The standard InChI is InChI=1S/C13H10F2/c14-13(15)9-8-11-6-3-5-10-4-1-2-7-12(10)11/h1-7,9H,8H2. The molecule has 0 saturated carbocycles. The molecule has 2 heteroatoms. The monoisotopic (exact) mass is 204 g/mol. The Morgan fingerprint density at radius 3 is 2.53 bits per heavy atom. The Balaban J connectivity index is 2.47. The Kier molecular flexibility index (Phi) is 2.77. The number of fused-ring (bicyclic) bond motifs is 1. The molecule has 0 nitrogen and oxygen atoms in total. The number of rotatable bonds is 2. The molecule has 0 saturated heterocycles. The molecule has 0 amide bonds. The summed E-state index contributed by atoms with van der Waals surface area (Å²) in [4.78, 5) is 0. The van der Waals surface area contributed by atoms with Crippen LogP contribution in [0.2, 0.25) is 0 Å². The highest BCUT2D eigenvalue weighted by Gasteiger charge is 1.99. The van der Waals surface area contributed by atoms with Crippen molar-refractivity contribution >= 4 is 10.8 Å². The fourth-order valence-electron chi connectivity index (χ4n) is 1.66. The normalized spacial score (nSPS) is 10.3. The van der Waals surface area contributed by atoms with Gasteiger partial charge in [-0.2, -0.15) is 8.78 Å². The molecule has 0 fully saturated rings. The Hall–Kier alpha value is -1.70. The van der Waals surface area contributed by atoms with E-state index < -0.39 is 6.08 Å². The predicted molar refractivity (Wildman–Crippen MR) is 58.0 cm³/mol. The van der Waals surface area contributed by atoms with Crippen LogP contribution in [0.25, 0.3) is 10.8 Å². The molecular weight excluding hydrogens is 194 g/mol. The number of halogens is 2. The van der Waals surface area contributed by atoms with E-state index >= 15 is 0 Å². The first-order valence-corrected chi connectivity index (χ1v) is 4.75. The van der Waals surface area contributed by atoms with Crippen LogP contribution in [0, 0.1) is 0 Å². The van der Waals surface area contributed by atoms with Gasteiger partial charge in [0.25, 0.3) is 6.08 Å². The third-order valence-corrected chi connectivity index (χ3v) is 2.36. The Labute approximate surface area is 86.8 Å². The van der Waals surface area contributed by atoms with E-state index in [1.807, 2.05) is 42.5 Å². The second kappa shape index (κ2) is 4.22. The summed E-state index contributed by atoms with van der Waals surface area (Å²) in [6.45, 7) is 0.